The molecule has 3 amide bonds. The van der Waals surface area contributed by atoms with Gasteiger partial charge in [0, 0.05) is 19.3 Å². The molecule has 0 saturated carbocycles. The van der Waals surface area contributed by atoms with E-state index in [9.17, 15) is 19.2 Å². The van der Waals surface area contributed by atoms with Crippen LogP contribution in [-0.2, 0) is 30.4 Å². The van der Waals surface area contributed by atoms with Gasteiger partial charge in [-0.15, -0.1) is 5.06 Å². The van der Waals surface area contributed by atoms with Crippen LogP contribution in [0.15, 0.2) is 24.3 Å². The summed E-state index contributed by atoms with van der Waals surface area (Å²) >= 11 is 0. The molecule has 1 aliphatic rings. The molecule has 0 aliphatic carbocycles. The Hall–Kier alpha value is -2.90. The Bertz CT molecular complexity index is 720. The zero-order chi connectivity index (χ0) is 20.2. The molecule has 8 nitrogen and oxygen atoms in total. The standard InChI is InChI=1S/C19H24N2O6/c1-12-5-7-13(8-6-12)11-14(20-18(25)26-19(2,3)4)17(24)27-21-15(22)9-10-16(21)23/h5-8,14H,9-11H2,1-4H3,(H,20,25)/t14-/m0/s1. The van der Waals surface area contributed by atoms with E-state index in [4.69, 9.17) is 9.57 Å². The molecular weight excluding hydrogens is 352 g/mol. The predicted molar refractivity (Wildman–Crippen MR) is 95.2 cm³/mol. The molecule has 1 aliphatic heterocycles. The van der Waals surface area contributed by atoms with E-state index in [1.54, 1.807) is 20.8 Å². The van der Waals surface area contributed by atoms with Crippen molar-refractivity contribution in [2.45, 2.75) is 58.6 Å². The first-order valence-corrected chi connectivity index (χ1v) is 8.68. The van der Waals surface area contributed by atoms with Gasteiger partial charge < -0.3 is 14.9 Å². The normalized spacial score (nSPS) is 15.5. The lowest BCUT2D eigenvalue weighted by atomic mass is 10.0. The Labute approximate surface area is 157 Å². The molecule has 0 aromatic heterocycles. The van der Waals surface area contributed by atoms with Gasteiger partial charge in [0.2, 0.25) is 0 Å². The summed E-state index contributed by atoms with van der Waals surface area (Å²) in [5.74, 6) is -2.08. The molecule has 146 valence electrons. The van der Waals surface area contributed by atoms with Gasteiger partial charge in [-0.05, 0) is 33.3 Å². The SMILES string of the molecule is Cc1ccc(C[C@H](NC(=O)OC(C)(C)C)C(=O)ON2C(=O)CCC2=O)cc1. The van der Waals surface area contributed by atoms with Crippen LogP contribution in [0.4, 0.5) is 4.79 Å². The summed E-state index contributed by atoms with van der Waals surface area (Å²) in [7, 11) is 0. The Balaban J connectivity index is 2.13. The molecule has 8 heteroatoms. The fourth-order valence-electron chi connectivity index (χ4n) is 2.41. The maximum absolute atomic E-state index is 12.5. The minimum atomic E-state index is -1.12. The van der Waals surface area contributed by atoms with Crippen molar-refractivity contribution < 1.29 is 28.8 Å². The van der Waals surface area contributed by atoms with E-state index in [0.717, 1.165) is 11.1 Å². The average Bonchev–Trinajstić information content (AvgIpc) is 2.86. The summed E-state index contributed by atoms with van der Waals surface area (Å²) in [4.78, 5) is 52.9. The summed E-state index contributed by atoms with van der Waals surface area (Å²) in [6, 6.07) is 6.26. The number of ether oxygens (including phenoxy) is 1. The van der Waals surface area contributed by atoms with Crippen LogP contribution in [-0.4, -0.2) is 40.6 Å². The highest BCUT2D eigenvalue weighted by Crippen LogP contribution is 2.15. The number of nitrogens with zero attached hydrogens (tertiary/aromatic N) is 1. The quantitative estimate of drug-likeness (QED) is 0.789. The topological polar surface area (TPSA) is 102 Å². The highest BCUT2D eigenvalue weighted by atomic mass is 16.7. The summed E-state index contributed by atoms with van der Waals surface area (Å²) in [6.07, 6.45) is -0.688. The molecule has 0 unspecified atom stereocenters. The smallest absolute Gasteiger partial charge is 0.408 e. The molecule has 27 heavy (non-hydrogen) atoms. The van der Waals surface area contributed by atoms with Crippen LogP contribution in [0.2, 0.25) is 0 Å². The Morgan fingerprint density at radius 2 is 1.67 bits per heavy atom. The van der Waals surface area contributed by atoms with Crippen molar-refractivity contribution in [1.29, 1.82) is 0 Å². The second-order valence-corrected chi connectivity index (χ2v) is 7.38. The lowest BCUT2D eigenvalue weighted by Crippen LogP contribution is -2.48. The maximum atomic E-state index is 12.5. The predicted octanol–water partition coefficient (Wildman–Crippen LogP) is 2.04. The number of imide groups is 1. The summed E-state index contributed by atoms with van der Waals surface area (Å²) in [6.45, 7) is 7.02. The van der Waals surface area contributed by atoms with E-state index < -0.39 is 35.5 Å². The van der Waals surface area contributed by atoms with Gasteiger partial charge in [0.25, 0.3) is 11.8 Å². The molecule has 0 spiro atoms. The van der Waals surface area contributed by atoms with E-state index in [1.807, 2.05) is 31.2 Å². The minimum absolute atomic E-state index is 0.00572. The molecule has 1 aromatic carbocycles. The number of hydrogen-bond acceptors (Lipinski definition) is 6. The molecule has 0 radical (unpaired) electrons. The summed E-state index contributed by atoms with van der Waals surface area (Å²) in [5.41, 5.74) is 1.08. The summed E-state index contributed by atoms with van der Waals surface area (Å²) in [5, 5.41) is 2.91. The monoisotopic (exact) mass is 376 g/mol. The van der Waals surface area contributed by atoms with E-state index in [0.29, 0.717) is 5.06 Å². The number of nitrogens with one attached hydrogen (secondary N) is 1. The van der Waals surface area contributed by atoms with Crippen molar-refractivity contribution in [3.05, 3.63) is 35.4 Å². The molecule has 1 atom stereocenters. The third-order valence-corrected chi connectivity index (χ3v) is 3.72. The van der Waals surface area contributed by atoms with Crippen molar-refractivity contribution in [3.63, 3.8) is 0 Å². The Kier molecular flexibility index (Phi) is 6.20. The van der Waals surface area contributed by atoms with Crippen LogP contribution in [0, 0.1) is 6.92 Å². The largest absolute Gasteiger partial charge is 0.444 e. The van der Waals surface area contributed by atoms with Gasteiger partial charge in [-0.3, -0.25) is 9.59 Å². The van der Waals surface area contributed by atoms with Gasteiger partial charge in [0.15, 0.2) is 0 Å². The summed E-state index contributed by atoms with van der Waals surface area (Å²) < 4.78 is 5.18. The van der Waals surface area contributed by atoms with E-state index >= 15 is 0 Å². The third kappa shape index (κ3) is 6.09. The molecule has 1 heterocycles. The number of hydroxylamine groups is 2. The van der Waals surface area contributed by atoms with Crippen LogP contribution in [0.1, 0.15) is 44.7 Å². The van der Waals surface area contributed by atoms with Gasteiger partial charge in [-0.25, -0.2) is 9.59 Å². The molecule has 0 bridgehead atoms. The number of alkyl carbamates (subject to hydrolysis) is 1. The Morgan fingerprint density at radius 3 is 2.19 bits per heavy atom. The number of rotatable bonds is 5. The van der Waals surface area contributed by atoms with Gasteiger partial charge in [-0.2, -0.15) is 0 Å². The van der Waals surface area contributed by atoms with Crippen LogP contribution < -0.4 is 5.32 Å². The second kappa shape index (κ2) is 8.20. The van der Waals surface area contributed by atoms with Gasteiger partial charge in [-0.1, -0.05) is 29.8 Å². The fourth-order valence-corrected chi connectivity index (χ4v) is 2.41. The fraction of sp³-hybridized carbons (Fsp3) is 0.474. The highest BCUT2D eigenvalue weighted by molar-refractivity contribution is 6.01. The van der Waals surface area contributed by atoms with Crippen molar-refractivity contribution >= 4 is 23.9 Å². The first kappa shape index (κ1) is 20.4. The molecule has 1 N–H and O–H groups in total. The van der Waals surface area contributed by atoms with Crippen molar-refractivity contribution in [3.8, 4) is 0 Å². The molecular formula is C19H24N2O6. The molecule has 1 fully saturated rings. The Morgan fingerprint density at radius 1 is 1.11 bits per heavy atom. The number of carbonyl (C=O) groups excluding carboxylic acids is 4. The highest BCUT2D eigenvalue weighted by Gasteiger charge is 2.35. The average molecular weight is 376 g/mol. The molecule has 1 aromatic rings. The minimum Gasteiger partial charge on any atom is -0.444 e. The van der Waals surface area contributed by atoms with Crippen LogP contribution >= 0.6 is 0 Å². The second-order valence-electron chi connectivity index (χ2n) is 7.38. The molecule has 1 saturated heterocycles. The third-order valence-electron chi connectivity index (χ3n) is 3.72. The zero-order valence-corrected chi connectivity index (χ0v) is 15.9. The lowest BCUT2D eigenvalue weighted by molar-refractivity contribution is -0.198. The van der Waals surface area contributed by atoms with Crippen LogP contribution in [0.25, 0.3) is 0 Å². The van der Waals surface area contributed by atoms with Crippen molar-refractivity contribution in [2.24, 2.45) is 0 Å². The first-order valence-electron chi connectivity index (χ1n) is 8.68. The van der Waals surface area contributed by atoms with Crippen LogP contribution in [0.3, 0.4) is 0 Å². The van der Waals surface area contributed by atoms with E-state index in [2.05, 4.69) is 5.32 Å². The first-order chi connectivity index (χ1) is 12.5. The number of aryl methyl sites for hydroxylation is 1. The maximum Gasteiger partial charge on any atom is 0.408 e. The van der Waals surface area contributed by atoms with E-state index in [1.165, 1.54) is 0 Å². The van der Waals surface area contributed by atoms with Crippen LogP contribution in [0.5, 0.6) is 0 Å². The number of carbonyl (C=O) groups is 4. The van der Waals surface area contributed by atoms with Gasteiger partial charge >= 0.3 is 12.1 Å². The van der Waals surface area contributed by atoms with E-state index in [-0.39, 0.29) is 19.3 Å². The van der Waals surface area contributed by atoms with Gasteiger partial charge in [0.05, 0.1) is 0 Å². The lowest BCUT2D eigenvalue weighted by Gasteiger charge is -2.23. The number of amides is 3. The van der Waals surface area contributed by atoms with Gasteiger partial charge in [0.1, 0.15) is 11.6 Å². The zero-order valence-electron chi connectivity index (χ0n) is 15.9. The number of hydrogen-bond donors (Lipinski definition) is 1. The van der Waals surface area contributed by atoms with Crippen molar-refractivity contribution in [1.82, 2.24) is 10.4 Å². The number of benzene rings is 1. The van der Waals surface area contributed by atoms with Crippen molar-refractivity contribution in [2.75, 3.05) is 0 Å². The molecule has 2 rings (SSSR count).